The summed E-state index contributed by atoms with van der Waals surface area (Å²) in [5.41, 5.74) is 2.49. The monoisotopic (exact) mass is 397 g/mol. The summed E-state index contributed by atoms with van der Waals surface area (Å²) in [6.45, 7) is 3.87. The van der Waals surface area contributed by atoms with Gasteiger partial charge in [0, 0.05) is 12.1 Å². The summed E-state index contributed by atoms with van der Waals surface area (Å²) < 4.78 is 10.8. The van der Waals surface area contributed by atoms with E-state index < -0.39 is 18.0 Å². The topological polar surface area (TPSA) is 113 Å². The summed E-state index contributed by atoms with van der Waals surface area (Å²) in [6, 6.07) is 12.6. The highest BCUT2D eigenvalue weighted by atomic mass is 16.5. The molecule has 0 saturated carbocycles. The average molecular weight is 397 g/mol. The number of fused-ring (bicyclic) bond motifs is 1. The molecule has 29 heavy (non-hydrogen) atoms. The molecule has 3 rings (SSSR count). The Morgan fingerprint density at radius 2 is 1.90 bits per heavy atom. The second-order valence-corrected chi connectivity index (χ2v) is 6.73. The maximum atomic E-state index is 12.2. The van der Waals surface area contributed by atoms with E-state index in [0.29, 0.717) is 29.7 Å². The number of aryl methyl sites for hydroxylation is 1. The number of imidazole rings is 1. The minimum absolute atomic E-state index is 0.153. The molecule has 152 valence electrons. The van der Waals surface area contributed by atoms with Gasteiger partial charge in [0.1, 0.15) is 5.75 Å². The number of ether oxygens (including phenoxy) is 2. The predicted octanol–water partition coefficient (Wildman–Crippen LogP) is 2.89. The third-order valence-corrected chi connectivity index (χ3v) is 4.24. The maximum Gasteiger partial charge on any atom is 0.323 e. The molecule has 1 aromatic heterocycles. The van der Waals surface area contributed by atoms with E-state index in [4.69, 9.17) is 9.47 Å². The molecule has 0 aliphatic rings. The number of nitrogens with one attached hydrogen (secondary N) is 3. The van der Waals surface area contributed by atoms with Gasteiger partial charge in [0.2, 0.25) is 0 Å². The van der Waals surface area contributed by atoms with E-state index in [0.717, 1.165) is 11.3 Å². The van der Waals surface area contributed by atoms with Crippen LogP contribution in [0.5, 0.6) is 5.75 Å². The van der Waals surface area contributed by atoms with Crippen molar-refractivity contribution in [1.29, 1.82) is 0 Å². The van der Waals surface area contributed by atoms with Crippen LogP contribution in [-0.4, -0.2) is 34.6 Å². The van der Waals surface area contributed by atoms with Crippen LogP contribution in [0.1, 0.15) is 25.3 Å². The van der Waals surface area contributed by atoms with E-state index in [1.54, 1.807) is 18.2 Å². The third-order valence-electron chi connectivity index (χ3n) is 4.24. The molecule has 0 saturated heterocycles. The number of aromatic nitrogens is 2. The molecule has 3 N–H and O–H groups in total. The number of benzene rings is 2. The number of esters is 1. The second-order valence-electron chi connectivity index (χ2n) is 6.73. The fourth-order valence-corrected chi connectivity index (χ4v) is 2.78. The van der Waals surface area contributed by atoms with Gasteiger partial charge in [-0.05, 0) is 56.2 Å². The molecule has 0 aliphatic heterocycles. The van der Waals surface area contributed by atoms with E-state index in [2.05, 4.69) is 15.3 Å². The van der Waals surface area contributed by atoms with Crippen LogP contribution < -0.4 is 15.7 Å². The number of carbonyl (C=O) groups is 2. The molecule has 0 fully saturated rings. The minimum Gasteiger partial charge on any atom is -0.494 e. The predicted molar refractivity (Wildman–Crippen MR) is 109 cm³/mol. The molecule has 8 nitrogen and oxygen atoms in total. The molecular weight excluding hydrogens is 374 g/mol. The van der Waals surface area contributed by atoms with Crippen molar-refractivity contribution in [1.82, 2.24) is 9.97 Å². The molecule has 1 heterocycles. The molecule has 3 aromatic rings. The van der Waals surface area contributed by atoms with Crippen molar-refractivity contribution in [3.63, 3.8) is 0 Å². The molecule has 8 heteroatoms. The van der Waals surface area contributed by atoms with Gasteiger partial charge in [0.25, 0.3) is 5.91 Å². The van der Waals surface area contributed by atoms with E-state index in [-0.39, 0.29) is 12.1 Å². The lowest BCUT2D eigenvalue weighted by Gasteiger charge is -2.14. The van der Waals surface area contributed by atoms with Gasteiger partial charge in [0.05, 0.1) is 17.6 Å². The van der Waals surface area contributed by atoms with Gasteiger partial charge in [-0.1, -0.05) is 12.1 Å². The van der Waals surface area contributed by atoms with Gasteiger partial charge < -0.3 is 24.8 Å². The lowest BCUT2D eigenvalue weighted by Crippen LogP contribution is -2.30. The number of hydrogen-bond acceptors (Lipinski definition) is 5. The van der Waals surface area contributed by atoms with Crippen LogP contribution in [0.3, 0.4) is 0 Å². The number of hydrogen-bond donors (Lipinski definition) is 3. The van der Waals surface area contributed by atoms with Crippen molar-refractivity contribution in [3.8, 4) is 5.75 Å². The first-order valence-electron chi connectivity index (χ1n) is 9.32. The number of aromatic amines is 2. The Labute approximate surface area is 167 Å². The Hall–Kier alpha value is -3.55. The summed E-state index contributed by atoms with van der Waals surface area (Å²) in [5, 5.41) is 2.67. The Kier molecular flexibility index (Phi) is 6.33. The van der Waals surface area contributed by atoms with Crippen molar-refractivity contribution in [2.24, 2.45) is 0 Å². The smallest absolute Gasteiger partial charge is 0.323 e. The fraction of sp³-hybridized carbons (Fsp3) is 0.286. The zero-order valence-corrected chi connectivity index (χ0v) is 16.3. The van der Waals surface area contributed by atoms with Crippen molar-refractivity contribution in [3.05, 3.63) is 58.5 Å². The van der Waals surface area contributed by atoms with E-state index in [9.17, 15) is 14.4 Å². The van der Waals surface area contributed by atoms with Gasteiger partial charge in [-0.15, -0.1) is 0 Å². The highest BCUT2D eigenvalue weighted by Gasteiger charge is 2.18. The normalized spacial score (nSPS) is 11.8. The highest BCUT2D eigenvalue weighted by molar-refractivity contribution is 5.96. The summed E-state index contributed by atoms with van der Waals surface area (Å²) >= 11 is 0. The highest BCUT2D eigenvalue weighted by Crippen LogP contribution is 2.15. The summed E-state index contributed by atoms with van der Waals surface area (Å²) in [5.74, 6) is -0.163. The Morgan fingerprint density at radius 3 is 2.69 bits per heavy atom. The Balaban J connectivity index is 1.42. The largest absolute Gasteiger partial charge is 0.494 e. The van der Waals surface area contributed by atoms with Gasteiger partial charge in [-0.3, -0.25) is 9.59 Å². The average Bonchev–Trinajstić information content (AvgIpc) is 3.04. The molecule has 1 amide bonds. The lowest BCUT2D eigenvalue weighted by molar-refractivity contribution is -0.153. The quantitative estimate of drug-likeness (QED) is 0.400. The summed E-state index contributed by atoms with van der Waals surface area (Å²) in [6.07, 6.45) is -0.306. The number of anilines is 1. The number of rotatable bonds is 8. The number of H-pyrrole nitrogens is 2. The van der Waals surface area contributed by atoms with Crippen LogP contribution >= 0.6 is 0 Å². The fourth-order valence-electron chi connectivity index (χ4n) is 2.78. The van der Waals surface area contributed by atoms with Crippen LogP contribution in [0.2, 0.25) is 0 Å². The molecule has 0 radical (unpaired) electrons. The van der Waals surface area contributed by atoms with Crippen LogP contribution in [0.15, 0.2) is 47.3 Å². The zero-order chi connectivity index (χ0) is 20.8. The van der Waals surface area contributed by atoms with Gasteiger partial charge >= 0.3 is 11.7 Å². The van der Waals surface area contributed by atoms with Crippen molar-refractivity contribution in [2.75, 3.05) is 11.9 Å². The van der Waals surface area contributed by atoms with E-state index in [1.807, 2.05) is 31.2 Å². The first-order chi connectivity index (χ1) is 13.9. The van der Waals surface area contributed by atoms with Crippen LogP contribution in [0.4, 0.5) is 5.69 Å². The SMILES string of the molecule is Cc1cccc(OCCCC(=O)O[C@@H](C)C(=O)Nc2ccc3[nH]c(=O)[nH]c3c2)c1. The van der Waals surface area contributed by atoms with Crippen molar-refractivity contribution in [2.45, 2.75) is 32.8 Å². The molecule has 0 bridgehead atoms. The Bertz CT molecular complexity index is 1070. The zero-order valence-electron chi connectivity index (χ0n) is 16.3. The Morgan fingerprint density at radius 1 is 1.10 bits per heavy atom. The standard InChI is InChI=1S/C21H23N3O5/c1-13-5-3-6-16(11-13)28-10-4-7-19(25)29-14(2)20(26)22-15-8-9-17-18(12-15)24-21(27)23-17/h3,5-6,8-9,11-12,14H,4,7,10H2,1-2H3,(H,22,26)(H2,23,24,27)/t14-/m0/s1. The number of amides is 1. The van der Waals surface area contributed by atoms with Crippen molar-refractivity contribution < 1.29 is 19.1 Å². The number of carbonyl (C=O) groups excluding carboxylic acids is 2. The van der Waals surface area contributed by atoms with Crippen LogP contribution in [0.25, 0.3) is 11.0 Å². The van der Waals surface area contributed by atoms with Crippen LogP contribution in [-0.2, 0) is 14.3 Å². The van der Waals surface area contributed by atoms with Gasteiger partial charge in [-0.2, -0.15) is 0 Å². The molecule has 2 aromatic carbocycles. The van der Waals surface area contributed by atoms with Crippen molar-refractivity contribution >= 4 is 28.6 Å². The lowest BCUT2D eigenvalue weighted by atomic mass is 10.2. The summed E-state index contributed by atoms with van der Waals surface area (Å²) in [4.78, 5) is 40.7. The van der Waals surface area contributed by atoms with Gasteiger partial charge in [-0.25, -0.2) is 4.79 Å². The molecular formula is C21H23N3O5. The molecule has 0 unspecified atom stereocenters. The minimum atomic E-state index is -0.943. The first kappa shape index (κ1) is 20.2. The first-order valence-corrected chi connectivity index (χ1v) is 9.32. The second kappa shape index (κ2) is 9.09. The third kappa shape index (κ3) is 5.71. The molecule has 1 atom stereocenters. The van der Waals surface area contributed by atoms with Gasteiger partial charge in [0.15, 0.2) is 6.10 Å². The van der Waals surface area contributed by atoms with Crippen LogP contribution in [0, 0.1) is 6.92 Å². The maximum absolute atomic E-state index is 12.2. The molecule has 0 aliphatic carbocycles. The molecule has 0 spiro atoms. The summed E-state index contributed by atoms with van der Waals surface area (Å²) in [7, 11) is 0. The van der Waals surface area contributed by atoms with E-state index >= 15 is 0 Å². The van der Waals surface area contributed by atoms with E-state index in [1.165, 1.54) is 6.92 Å².